The summed E-state index contributed by atoms with van der Waals surface area (Å²) in [5.74, 6) is 1.50. The maximum atomic E-state index is 13.3. The van der Waals surface area contributed by atoms with E-state index in [4.69, 9.17) is 4.42 Å². The van der Waals surface area contributed by atoms with Crippen LogP contribution in [-0.2, 0) is 0 Å². The zero-order valence-electron chi connectivity index (χ0n) is 18.3. The minimum absolute atomic E-state index is 0.159. The molecule has 5 heteroatoms. The number of nitrogens with zero attached hydrogens (tertiary/aromatic N) is 3. The summed E-state index contributed by atoms with van der Waals surface area (Å²) in [7, 11) is 0. The van der Waals surface area contributed by atoms with Gasteiger partial charge in [-0.25, -0.2) is 0 Å². The number of amides is 1. The van der Waals surface area contributed by atoms with Crippen LogP contribution >= 0.6 is 0 Å². The van der Waals surface area contributed by atoms with Gasteiger partial charge >= 0.3 is 0 Å². The van der Waals surface area contributed by atoms with Crippen molar-refractivity contribution in [1.82, 2.24) is 14.7 Å². The molecule has 29 heavy (non-hydrogen) atoms. The van der Waals surface area contributed by atoms with Crippen molar-refractivity contribution in [2.45, 2.75) is 70.8 Å². The van der Waals surface area contributed by atoms with Gasteiger partial charge < -0.3 is 19.1 Å². The fourth-order valence-electron chi connectivity index (χ4n) is 5.66. The van der Waals surface area contributed by atoms with E-state index in [0.29, 0.717) is 5.92 Å². The van der Waals surface area contributed by atoms with Gasteiger partial charge in [-0.2, -0.15) is 0 Å². The van der Waals surface area contributed by atoms with Gasteiger partial charge in [0, 0.05) is 32.2 Å². The van der Waals surface area contributed by atoms with Crippen molar-refractivity contribution in [1.29, 1.82) is 0 Å². The first-order valence-electron chi connectivity index (χ1n) is 12.0. The second-order valence-electron chi connectivity index (χ2n) is 9.49. The third-order valence-corrected chi connectivity index (χ3v) is 7.38. The molecule has 5 nitrogen and oxygen atoms in total. The first kappa shape index (κ1) is 20.9. The molecule has 2 saturated heterocycles. The number of hydrogen-bond donors (Lipinski definition) is 0. The third kappa shape index (κ3) is 5.43. The Hall–Kier alpha value is -1.33. The molecule has 1 saturated carbocycles. The molecule has 0 spiro atoms. The Bertz CT molecular complexity index is 646. The number of carbonyl (C=O) groups excluding carboxylic acids is 1. The molecule has 0 unspecified atom stereocenters. The van der Waals surface area contributed by atoms with Gasteiger partial charge in [-0.3, -0.25) is 4.79 Å². The average Bonchev–Trinajstić information content (AvgIpc) is 3.43. The summed E-state index contributed by atoms with van der Waals surface area (Å²) in [6, 6.07) is 2.64. The molecule has 3 fully saturated rings. The summed E-state index contributed by atoms with van der Waals surface area (Å²) in [5.41, 5.74) is 0.743. The highest BCUT2D eigenvalue weighted by Crippen LogP contribution is 2.28. The zero-order valence-corrected chi connectivity index (χ0v) is 18.3. The molecular weight excluding hydrogens is 362 g/mol. The predicted molar refractivity (Wildman–Crippen MR) is 116 cm³/mol. The van der Waals surface area contributed by atoms with E-state index in [2.05, 4.69) is 14.7 Å². The van der Waals surface area contributed by atoms with Crippen molar-refractivity contribution in [3.8, 4) is 0 Å². The Morgan fingerprint density at radius 2 is 1.86 bits per heavy atom. The molecule has 1 aromatic heterocycles. The highest BCUT2D eigenvalue weighted by molar-refractivity contribution is 5.95. The maximum absolute atomic E-state index is 13.3. The molecule has 3 heterocycles. The monoisotopic (exact) mass is 401 g/mol. The summed E-state index contributed by atoms with van der Waals surface area (Å²) in [6.45, 7) is 9.42. The summed E-state index contributed by atoms with van der Waals surface area (Å²) in [6.07, 6.45) is 13.7. The molecule has 0 N–H and O–H groups in total. The van der Waals surface area contributed by atoms with Crippen molar-refractivity contribution >= 4 is 5.91 Å². The molecule has 0 radical (unpaired) electrons. The molecule has 1 amide bonds. The second-order valence-corrected chi connectivity index (χ2v) is 9.49. The van der Waals surface area contributed by atoms with Crippen LogP contribution < -0.4 is 0 Å². The Labute approximate surface area is 176 Å². The van der Waals surface area contributed by atoms with Crippen molar-refractivity contribution in [3.05, 3.63) is 23.7 Å². The van der Waals surface area contributed by atoms with Crippen LogP contribution in [0.5, 0.6) is 0 Å². The molecule has 4 rings (SSSR count). The van der Waals surface area contributed by atoms with Gasteiger partial charge in [0.2, 0.25) is 0 Å². The van der Waals surface area contributed by atoms with E-state index < -0.39 is 0 Å². The van der Waals surface area contributed by atoms with Crippen LogP contribution in [0.25, 0.3) is 0 Å². The summed E-state index contributed by atoms with van der Waals surface area (Å²) in [5, 5.41) is 0. The number of carbonyl (C=O) groups is 1. The molecule has 1 aliphatic carbocycles. The van der Waals surface area contributed by atoms with Gasteiger partial charge in [-0.1, -0.05) is 19.3 Å². The molecule has 3 aliphatic rings. The molecule has 162 valence electrons. The van der Waals surface area contributed by atoms with E-state index in [9.17, 15) is 4.79 Å². The Balaban J connectivity index is 1.39. The molecule has 2 aliphatic heterocycles. The first-order chi connectivity index (χ1) is 14.2. The molecular formula is C24H39N3O2. The minimum atomic E-state index is 0.159. The lowest BCUT2D eigenvalue weighted by Crippen LogP contribution is -2.47. The van der Waals surface area contributed by atoms with Crippen molar-refractivity contribution in [2.75, 3.05) is 45.8 Å². The smallest absolute Gasteiger partial charge is 0.257 e. The van der Waals surface area contributed by atoms with Gasteiger partial charge in [0.25, 0.3) is 5.91 Å². The van der Waals surface area contributed by atoms with Gasteiger partial charge in [-0.05, 0) is 77.1 Å². The number of aryl methyl sites for hydroxylation is 1. The number of piperidine rings is 2. The van der Waals surface area contributed by atoms with Crippen LogP contribution in [0.15, 0.2) is 16.7 Å². The number of hydrogen-bond acceptors (Lipinski definition) is 4. The van der Waals surface area contributed by atoms with Gasteiger partial charge in [0.1, 0.15) is 5.76 Å². The Kier molecular flexibility index (Phi) is 7.30. The zero-order chi connectivity index (χ0) is 20.1. The second kappa shape index (κ2) is 10.1. The molecule has 0 bridgehead atoms. The van der Waals surface area contributed by atoms with E-state index in [1.165, 1.54) is 84.0 Å². The number of rotatable bonds is 7. The van der Waals surface area contributed by atoms with E-state index in [0.717, 1.165) is 37.0 Å². The SMILES string of the molecule is Cc1occc1C(=O)N(CCN1CCCCC1)C[C@@H]1CCCN(C2CCCC2)C1. The highest BCUT2D eigenvalue weighted by atomic mass is 16.3. The first-order valence-corrected chi connectivity index (χ1v) is 12.0. The average molecular weight is 402 g/mol. The van der Waals surface area contributed by atoms with Crippen LogP contribution in [-0.4, -0.2) is 72.5 Å². The Morgan fingerprint density at radius 1 is 1.07 bits per heavy atom. The lowest BCUT2D eigenvalue weighted by Gasteiger charge is -2.39. The number of likely N-dealkylation sites (tertiary alicyclic amines) is 2. The van der Waals surface area contributed by atoms with E-state index >= 15 is 0 Å². The summed E-state index contributed by atoms with van der Waals surface area (Å²) < 4.78 is 5.44. The molecule has 1 atom stereocenters. The van der Waals surface area contributed by atoms with Crippen LogP contribution in [0.1, 0.15) is 73.9 Å². The highest BCUT2D eigenvalue weighted by Gasteiger charge is 2.30. The van der Waals surface area contributed by atoms with Gasteiger partial charge in [-0.15, -0.1) is 0 Å². The molecule has 1 aromatic rings. The quantitative estimate of drug-likeness (QED) is 0.687. The fraction of sp³-hybridized carbons (Fsp3) is 0.792. The maximum Gasteiger partial charge on any atom is 0.257 e. The number of furan rings is 1. The normalized spacial score (nSPS) is 24.8. The molecule has 0 aromatic carbocycles. The topological polar surface area (TPSA) is 39.9 Å². The van der Waals surface area contributed by atoms with Gasteiger partial charge in [0.15, 0.2) is 0 Å². The third-order valence-electron chi connectivity index (χ3n) is 7.38. The van der Waals surface area contributed by atoms with Crippen LogP contribution in [0.3, 0.4) is 0 Å². The van der Waals surface area contributed by atoms with Crippen LogP contribution in [0, 0.1) is 12.8 Å². The van der Waals surface area contributed by atoms with Crippen LogP contribution in [0.4, 0.5) is 0 Å². The van der Waals surface area contributed by atoms with Crippen molar-refractivity contribution < 1.29 is 9.21 Å². The van der Waals surface area contributed by atoms with Crippen molar-refractivity contribution in [2.24, 2.45) is 5.92 Å². The lowest BCUT2D eigenvalue weighted by atomic mass is 9.95. The van der Waals surface area contributed by atoms with E-state index in [1.54, 1.807) is 6.26 Å². The van der Waals surface area contributed by atoms with Crippen LogP contribution in [0.2, 0.25) is 0 Å². The Morgan fingerprint density at radius 3 is 2.59 bits per heavy atom. The summed E-state index contributed by atoms with van der Waals surface area (Å²) >= 11 is 0. The minimum Gasteiger partial charge on any atom is -0.469 e. The fourth-order valence-corrected chi connectivity index (χ4v) is 5.66. The standard InChI is InChI=1S/C24H39N3O2/c1-20-23(11-17-29-20)24(28)27(16-15-25-12-5-2-6-13-25)19-21-8-7-14-26(18-21)22-9-3-4-10-22/h11,17,21-22H,2-10,12-16,18-19H2,1H3/t21-/m1/s1. The largest absolute Gasteiger partial charge is 0.469 e. The summed E-state index contributed by atoms with van der Waals surface area (Å²) in [4.78, 5) is 20.8. The van der Waals surface area contributed by atoms with E-state index in [-0.39, 0.29) is 5.91 Å². The van der Waals surface area contributed by atoms with Gasteiger partial charge in [0.05, 0.1) is 11.8 Å². The van der Waals surface area contributed by atoms with E-state index in [1.807, 2.05) is 13.0 Å². The lowest BCUT2D eigenvalue weighted by molar-refractivity contribution is 0.0608. The predicted octanol–water partition coefficient (Wildman–Crippen LogP) is 4.17. The van der Waals surface area contributed by atoms with Crippen molar-refractivity contribution in [3.63, 3.8) is 0 Å².